The lowest BCUT2D eigenvalue weighted by Crippen LogP contribution is -2.36. The van der Waals surface area contributed by atoms with Crippen LogP contribution in [-0.4, -0.2) is 46.2 Å². The molecule has 5 aromatic rings. The van der Waals surface area contributed by atoms with Crippen molar-refractivity contribution in [3.05, 3.63) is 84.4 Å². The number of hydrogen-bond donors (Lipinski definition) is 3. The first-order valence-corrected chi connectivity index (χ1v) is 14.4. The lowest BCUT2D eigenvalue weighted by Gasteiger charge is -2.27. The molecule has 4 heterocycles. The SMILES string of the molecule is Nc1nc(-c2ccc(F)c(NSc3c(F)cccc3F)c2)c(-c2ccnc(Nc3ccc(N4CCOCC4)nc3)n2)s1. The van der Waals surface area contributed by atoms with Crippen LogP contribution in [0.25, 0.3) is 21.8 Å². The summed E-state index contributed by atoms with van der Waals surface area (Å²) in [5.41, 5.74) is 8.38. The molecule has 4 N–H and O–H groups in total. The van der Waals surface area contributed by atoms with E-state index in [4.69, 9.17) is 10.5 Å². The smallest absolute Gasteiger partial charge is 0.227 e. The van der Waals surface area contributed by atoms with Crippen LogP contribution in [-0.2, 0) is 4.74 Å². The average Bonchev–Trinajstić information content (AvgIpc) is 3.40. The van der Waals surface area contributed by atoms with Crippen LogP contribution in [0.4, 0.5) is 41.4 Å². The predicted octanol–water partition coefficient (Wildman–Crippen LogP) is 6.36. The Morgan fingerprint density at radius 3 is 2.50 bits per heavy atom. The molecule has 0 aliphatic carbocycles. The first kappa shape index (κ1) is 27.8. The number of anilines is 5. The fourth-order valence-corrected chi connectivity index (χ4v) is 5.78. The third kappa shape index (κ3) is 6.10. The number of nitrogens with two attached hydrogens (primary N) is 1. The molecule has 3 aromatic heterocycles. The number of halogens is 3. The van der Waals surface area contributed by atoms with Gasteiger partial charge in [0.1, 0.15) is 23.3 Å². The molecule has 0 unspecified atom stereocenters. The zero-order chi connectivity index (χ0) is 29.1. The first-order valence-electron chi connectivity index (χ1n) is 12.8. The van der Waals surface area contributed by atoms with E-state index in [-0.39, 0.29) is 15.7 Å². The van der Waals surface area contributed by atoms with Gasteiger partial charge in [0.15, 0.2) is 5.13 Å². The van der Waals surface area contributed by atoms with E-state index in [0.717, 1.165) is 31.0 Å². The highest BCUT2D eigenvalue weighted by Gasteiger charge is 2.18. The number of nitrogen functional groups attached to an aromatic ring is 1. The Hall–Kier alpha value is -4.40. The lowest BCUT2D eigenvalue weighted by atomic mass is 10.1. The van der Waals surface area contributed by atoms with Crippen LogP contribution < -0.4 is 20.7 Å². The van der Waals surface area contributed by atoms with Crippen LogP contribution in [0.15, 0.2) is 71.9 Å². The summed E-state index contributed by atoms with van der Waals surface area (Å²) in [6, 6.07) is 13.4. The van der Waals surface area contributed by atoms with Crippen LogP contribution in [0.2, 0.25) is 0 Å². The molecule has 214 valence electrons. The molecule has 0 amide bonds. The lowest BCUT2D eigenvalue weighted by molar-refractivity contribution is 0.122. The minimum absolute atomic E-state index is 0.0238. The Morgan fingerprint density at radius 2 is 1.74 bits per heavy atom. The number of aromatic nitrogens is 4. The zero-order valence-corrected chi connectivity index (χ0v) is 23.5. The number of nitrogens with zero attached hydrogens (tertiary/aromatic N) is 5. The number of thiazole rings is 1. The summed E-state index contributed by atoms with van der Waals surface area (Å²) < 4.78 is 50.9. The first-order chi connectivity index (χ1) is 20.4. The van der Waals surface area contributed by atoms with Gasteiger partial charge in [-0.05, 0) is 60.5 Å². The number of hydrogen-bond acceptors (Lipinski definition) is 11. The molecule has 0 atom stereocenters. The highest BCUT2D eigenvalue weighted by atomic mass is 32.2. The van der Waals surface area contributed by atoms with E-state index in [0.29, 0.717) is 58.6 Å². The van der Waals surface area contributed by atoms with Crippen LogP contribution >= 0.6 is 23.3 Å². The maximum atomic E-state index is 14.7. The standard InChI is InChI=1S/C28H23F3N8OS2/c29-18-6-4-16(14-22(18)38-42-25-19(30)2-1-3-20(25)31)24-26(41-27(32)37-24)21-8-9-33-28(36-21)35-17-5-7-23(34-15-17)39-10-12-40-13-11-39/h1-9,14-15,38H,10-13H2,(H2,32,37)(H,33,35,36). The van der Waals surface area contributed by atoms with Crippen molar-refractivity contribution in [2.24, 2.45) is 0 Å². The topological polar surface area (TPSA) is 114 Å². The number of nitrogens with one attached hydrogen (secondary N) is 2. The van der Waals surface area contributed by atoms with Crippen molar-refractivity contribution in [1.29, 1.82) is 0 Å². The van der Waals surface area contributed by atoms with E-state index in [1.165, 1.54) is 29.5 Å². The van der Waals surface area contributed by atoms with Crippen molar-refractivity contribution in [2.45, 2.75) is 4.90 Å². The number of ether oxygens (including phenoxy) is 1. The van der Waals surface area contributed by atoms with Gasteiger partial charge in [-0.25, -0.2) is 33.1 Å². The van der Waals surface area contributed by atoms with Crippen molar-refractivity contribution in [3.63, 3.8) is 0 Å². The summed E-state index contributed by atoms with van der Waals surface area (Å²) in [7, 11) is 0. The predicted molar refractivity (Wildman–Crippen MR) is 159 cm³/mol. The maximum absolute atomic E-state index is 14.7. The molecule has 0 saturated carbocycles. The fourth-order valence-electron chi connectivity index (χ4n) is 4.26. The molecule has 42 heavy (non-hydrogen) atoms. The largest absolute Gasteiger partial charge is 0.378 e. The third-order valence-corrected chi connectivity index (χ3v) is 8.12. The van der Waals surface area contributed by atoms with Gasteiger partial charge in [-0.15, -0.1) is 0 Å². The molecule has 1 aliphatic heterocycles. The Morgan fingerprint density at radius 1 is 0.929 bits per heavy atom. The third-order valence-electron chi connectivity index (χ3n) is 6.29. The highest BCUT2D eigenvalue weighted by Crippen LogP contribution is 2.39. The van der Waals surface area contributed by atoms with Gasteiger partial charge < -0.3 is 25.4 Å². The summed E-state index contributed by atoms with van der Waals surface area (Å²) >= 11 is 1.86. The highest BCUT2D eigenvalue weighted by molar-refractivity contribution is 8.00. The van der Waals surface area contributed by atoms with Crippen LogP contribution in [0.5, 0.6) is 0 Å². The maximum Gasteiger partial charge on any atom is 0.227 e. The molecule has 9 nitrogen and oxygen atoms in total. The van der Waals surface area contributed by atoms with E-state index < -0.39 is 17.5 Å². The summed E-state index contributed by atoms with van der Waals surface area (Å²) in [4.78, 5) is 20.5. The number of rotatable bonds is 8. The Kier molecular flexibility index (Phi) is 8.08. The normalized spacial score (nSPS) is 13.3. The second kappa shape index (κ2) is 12.2. The summed E-state index contributed by atoms with van der Waals surface area (Å²) in [5, 5.41) is 3.46. The van der Waals surface area contributed by atoms with Crippen molar-refractivity contribution in [2.75, 3.05) is 47.0 Å². The summed E-state index contributed by atoms with van der Waals surface area (Å²) in [6.07, 6.45) is 3.33. The molecule has 1 saturated heterocycles. The second-order valence-corrected chi connectivity index (χ2v) is 10.9. The number of benzene rings is 2. The summed E-state index contributed by atoms with van der Waals surface area (Å²) in [5.74, 6) is -0.897. The van der Waals surface area contributed by atoms with Crippen LogP contribution in [0.1, 0.15) is 0 Å². The van der Waals surface area contributed by atoms with Gasteiger partial charge in [0.2, 0.25) is 5.95 Å². The van der Waals surface area contributed by atoms with Gasteiger partial charge >= 0.3 is 0 Å². The quantitative estimate of drug-likeness (QED) is 0.172. The zero-order valence-electron chi connectivity index (χ0n) is 21.9. The summed E-state index contributed by atoms with van der Waals surface area (Å²) in [6.45, 7) is 2.93. The molecule has 1 aliphatic rings. The van der Waals surface area contributed by atoms with E-state index in [1.54, 1.807) is 24.5 Å². The Bertz CT molecular complexity index is 1690. The Balaban J connectivity index is 1.23. The van der Waals surface area contributed by atoms with Gasteiger partial charge in [0, 0.05) is 24.8 Å². The van der Waals surface area contributed by atoms with Crippen molar-refractivity contribution >= 4 is 51.6 Å². The van der Waals surface area contributed by atoms with Gasteiger partial charge in [0.05, 0.1) is 51.9 Å². The number of pyridine rings is 1. The van der Waals surface area contributed by atoms with E-state index >= 15 is 0 Å². The molecule has 2 aromatic carbocycles. The van der Waals surface area contributed by atoms with Gasteiger partial charge in [0.25, 0.3) is 0 Å². The Labute approximate surface area is 247 Å². The molecule has 0 radical (unpaired) electrons. The fraction of sp³-hybridized carbons (Fsp3) is 0.143. The molecule has 0 bridgehead atoms. The van der Waals surface area contributed by atoms with E-state index in [1.807, 2.05) is 12.1 Å². The monoisotopic (exact) mass is 608 g/mol. The molecular formula is C28H23F3N8OS2. The van der Waals surface area contributed by atoms with E-state index in [2.05, 4.69) is 34.9 Å². The molecule has 6 rings (SSSR count). The average molecular weight is 609 g/mol. The minimum atomic E-state index is -0.754. The van der Waals surface area contributed by atoms with Crippen molar-refractivity contribution in [3.8, 4) is 21.8 Å². The molecule has 0 spiro atoms. The molecular weight excluding hydrogens is 585 g/mol. The molecule has 14 heteroatoms. The van der Waals surface area contributed by atoms with Crippen molar-refractivity contribution < 1.29 is 17.9 Å². The van der Waals surface area contributed by atoms with Crippen molar-refractivity contribution in [1.82, 2.24) is 19.9 Å². The second-order valence-electron chi connectivity index (χ2n) is 9.07. The van der Waals surface area contributed by atoms with Gasteiger partial charge in [-0.1, -0.05) is 17.4 Å². The van der Waals surface area contributed by atoms with Crippen LogP contribution in [0.3, 0.4) is 0 Å². The van der Waals surface area contributed by atoms with Gasteiger partial charge in [-0.2, -0.15) is 0 Å². The van der Waals surface area contributed by atoms with Crippen LogP contribution in [0, 0.1) is 17.5 Å². The van der Waals surface area contributed by atoms with E-state index in [9.17, 15) is 13.2 Å². The minimum Gasteiger partial charge on any atom is -0.378 e. The molecule has 1 fully saturated rings. The van der Waals surface area contributed by atoms with Gasteiger partial charge in [-0.3, -0.25) is 0 Å². The number of morpholine rings is 1.